The van der Waals surface area contributed by atoms with E-state index in [1.54, 1.807) is 29.5 Å². The smallest absolute Gasteiger partial charge is 0.335 e. The zero-order valence-electron chi connectivity index (χ0n) is 10.7. The van der Waals surface area contributed by atoms with Gasteiger partial charge in [-0.1, -0.05) is 0 Å². The second-order valence-corrected chi connectivity index (χ2v) is 6.50. The van der Waals surface area contributed by atoms with E-state index in [0.717, 1.165) is 16.7 Å². The van der Waals surface area contributed by atoms with Crippen LogP contribution in [0.4, 0.5) is 5.69 Å². The lowest BCUT2D eigenvalue weighted by Crippen LogP contribution is -2.01. The molecule has 2 aromatic rings. The van der Waals surface area contributed by atoms with E-state index in [1.807, 2.05) is 0 Å². The van der Waals surface area contributed by atoms with Gasteiger partial charge in [-0.2, -0.15) is 0 Å². The first-order valence-electron chi connectivity index (χ1n) is 5.80. The second-order valence-electron chi connectivity index (χ2n) is 4.31. The van der Waals surface area contributed by atoms with E-state index in [0.29, 0.717) is 0 Å². The standard InChI is InChI=1S/C14H14BrNO2S/c1-8-5-11(19-9(8)2)7-16-13-4-3-10(14(17)18)6-12(13)15/h3-6,16H,7H2,1-2H3,(H,17,18). The first-order chi connectivity index (χ1) is 8.97. The van der Waals surface area contributed by atoms with Crippen molar-refractivity contribution < 1.29 is 9.90 Å². The average molecular weight is 340 g/mol. The van der Waals surface area contributed by atoms with Crippen molar-refractivity contribution in [1.82, 2.24) is 0 Å². The molecule has 0 radical (unpaired) electrons. The van der Waals surface area contributed by atoms with E-state index >= 15 is 0 Å². The van der Waals surface area contributed by atoms with Gasteiger partial charge in [0.05, 0.1) is 5.56 Å². The van der Waals surface area contributed by atoms with Crippen LogP contribution in [0, 0.1) is 13.8 Å². The third kappa shape index (κ3) is 3.36. The predicted molar refractivity (Wildman–Crippen MR) is 82.2 cm³/mol. The van der Waals surface area contributed by atoms with Gasteiger partial charge in [-0.15, -0.1) is 11.3 Å². The lowest BCUT2D eigenvalue weighted by atomic mass is 10.2. The average Bonchev–Trinajstić information content (AvgIpc) is 2.67. The van der Waals surface area contributed by atoms with Gasteiger partial charge in [-0.3, -0.25) is 0 Å². The Labute approximate surface area is 124 Å². The van der Waals surface area contributed by atoms with Crippen LogP contribution in [0.2, 0.25) is 0 Å². The Balaban J connectivity index is 2.09. The molecule has 0 aliphatic rings. The second kappa shape index (κ2) is 5.75. The Morgan fingerprint density at radius 3 is 2.63 bits per heavy atom. The molecule has 0 unspecified atom stereocenters. The number of hydrogen-bond donors (Lipinski definition) is 2. The van der Waals surface area contributed by atoms with Crippen molar-refractivity contribution in [3.8, 4) is 0 Å². The van der Waals surface area contributed by atoms with Crippen LogP contribution in [0.15, 0.2) is 28.7 Å². The number of carboxylic acid groups (broad SMARTS) is 1. The lowest BCUT2D eigenvalue weighted by Gasteiger charge is -2.08. The normalized spacial score (nSPS) is 10.5. The number of halogens is 1. The van der Waals surface area contributed by atoms with E-state index in [9.17, 15) is 4.79 Å². The number of hydrogen-bond acceptors (Lipinski definition) is 3. The van der Waals surface area contributed by atoms with Crippen LogP contribution in [0.3, 0.4) is 0 Å². The highest BCUT2D eigenvalue weighted by Crippen LogP contribution is 2.26. The SMILES string of the molecule is Cc1cc(CNc2ccc(C(=O)O)cc2Br)sc1C. The minimum atomic E-state index is -0.920. The molecule has 0 saturated heterocycles. The minimum Gasteiger partial charge on any atom is -0.478 e. The molecule has 1 aromatic heterocycles. The number of anilines is 1. The maximum atomic E-state index is 10.8. The van der Waals surface area contributed by atoms with Gasteiger partial charge in [0.15, 0.2) is 0 Å². The third-order valence-electron chi connectivity index (χ3n) is 2.89. The van der Waals surface area contributed by atoms with Crippen LogP contribution in [-0.4, -0.2) is 11.1 Å². The topological polar surface area (TPSA) is 49.3 Å². The van der Waals surface area contributed by atoms with E-state index in [1.165, 1.54) is 15.3 Å². The number of carboxylic acids is 1. The Morgan fingerprint density at radius 1 is 1.37 bits per heavy atom. The molecule has 3 nitrogen and oxygen atoms in total. The number of carbonyl (C=O) groups is 1. The summed E-state index contributed by atoms with van der Waals surface area (Å²) in [6, 6.07) is 7.16. The Morgan fingerprint density at radius 2 is 2.11 bits per heavy atom. The maximum Gasteiger partial charge on any atom is 0.335 e. The summed E-state index contributed by atoms with van der Waals surface area (Å²) in [5.74, 6) is -0.920. The zero-order chi connectivity index (χ0) is 14.0. The van der Waals surface area contributed by atoms with Crippen molar-refractivity contribution in [2.24, 2.45) is 0 Å². The van der Waals surface area contributed by atoms with Crippen LogP contribution in [0.1, 0.15) is 25.7 Å². The number of aryl methyl sites for hydroxylation is 2. The number of nitrogens with one attached hydrogen (secondary N) is 1. The molecular weight excluding hydrogens is 326 g/mol. The highest BCUT2D eigenvalue weighted by molar-refractivity contribution is 9.10. The summed E-state index contributed by atoms with van der Waals surface area (Å²) in [6.45, 7) is 4.96. The Hall–Kier alpha value is -1.33. The molecule has 0 fully saturated rings. The molecule has 19 heavy (non-hydrogen) atoms. The number of benzene rings is 1. The van der Waals surface area contributed by atoms with Crippen molar-refractivity contribution in [2.45, 2.75) is 20.4 Å². The number of rotatable bonds is 4. The van der Waals surface area contributed by atoms with Crippen molar-refractivity contribution in [3.63, 3.8) is 0 Å². The molecule has 2 rings (SSSR count). The first kappa shape index (κ1) is 14.1. The summed E-state index contributed by atoms with van der Waals surface area (Å²) in [6.07, 6.45) is 0. The summed E-state index contributed by atoms with van der Waals surface area (Å²) in [7, 11) is 0. The zero-order valence-corrected chi connectivity index (χ0v) is 13.1. The quantitative estimate of drug-likeness (QED) is 0.865. The van der Waals surface area contributed by atoms with Gasteiger partial charge in [-0.25, -0.2) is 4.79 Å². The van der Waals surface area contributed by atoms with Gasteiger partial charge in [0, 0.05) is 26.5 Å². The van der Waals surface area contributed by atoms with Gasteiger partial charge in [0.1, 0.15) is 0 Å². The van der Waals surface area contributed by atoms with Crippen molar-refractivity contribution in [2.75, 3.05) is 5.32 Å². The fraction of sp³-hybridized carbons (Fsp3) is 0.214. The number of aromatic carboxylic acids is 1. The predicted octanol–water partition coefficient (Wildman–Crippen LogP) is 4.44. The van der Waals surface area contributed by atoms with E-state index < -0.39 is 5.97 Å². The summed E-state index contributed by atoms with van der Waals surface area (Å²) in [5.41, 5.74) is 2.48. The van der Waals surface area contributed by atoms with E-state index in [4.69, 9.17) is 5.11 Å². The molecule has 100 valence electrons. The monoisotopic (exact) mass is 339 g/mol. The molecule has 2 N–H and O–H groups in total. The molecular formula is C14H14BrNO2S. The molecule has 1 heterocycles. The minimum absolute atomic E-state index is 0.278. The van der Waals surface area contributed by atoms with Crippen LogP contribution in [0.5, 0.6) is 0 Å². The van der Waals surface area contributed by atoms with Gasteiger partial charge in [0.25, 0.3) is 0 Å². The molecule has 5 heteroatoms. The Bertz CT molecular complexity index is 602. The summed E-state index contributed by atoms with van der Waals surface area (Å²) >= 11 is 5.16. The molecule has 0 aliphatic carbocycles. The molecule has 0 spiro atoms. The van der Waals surface area contributed by atoms with Crippen molar-refractivity contribution in [3.05, 3.63) is 49.6 Å². The van der Waals surface area contributed by atoms with E-state index in [-0.39, 0.29) is 5.56 Å². The fourth-order valence-electron chi connectivity index (χ4n) is 1.71. The molecule has 0 amide bonds. The third-order valence-corrected chi connectivity index (χ3v) is 4.69. The first-order valence-corrected chi connectivity index (χ1v) is 7.41. The fourth-order valence-corrected chi connectivity index (χ4v) is 3.22. The van der Waals surface area contributed by atoms with Crippen LogP contribution < -0.4 is 5.32 Å². The Kier molecular flexibility index (Phi) is 4.27. The molecule has 0 aliphatic heterocycles. The lowest BCUT2D eigenvalue weighted by molar-refractivity contribution is 0.0697. The van der Waals surface area contributed by atoms with Gasteiger partial charge in [-0.05, 0) is 59.6 Å². The van der Waals surface area contributed by atoms with E-state index in [2.05, 4.69) is 41.2 Å². The van der Waals surface area contributed by atoms with Gasteiger partial charge >= 0.3 is 5.97 Å². The van der Waals surface area contributed by atoms with Crippen molar-refractivity contribution >= 4 is 38.9 Å². The summed E-state index contributed by atoms with van der Waals surface area (Å²) in [4.78, 5) is 13.4. The van der Waals surface area contributed by atoms with Crippen LogP contribution >= 0.6 is 27.3 Å². The summed E-state index contributed by atoms with van der Waals surface area (Å²) in [5, 5.41) is 12.2. The molecule has 0 atom stereocenters. The molecule has 1 aromatic carbocycles. The van der Waals surface area contributed by atoms with Gasteiger partial charge in [0.2, 0.25) is 0 Å². The maximum absolute atomic E-state index is 10.8. The highest BCUT2D eigenvalue weighted by Gasteiger charge is 2.07. The molecule has 0 bridgehead atoms. The number of thiophene rings is 1. The van der Waals surface area contributed by atoms with Crippen molar-refractivity contribution in [1.29, 1.82) is 0 Å². The van der Waals surface area contributed by atoms with Gasteiger partial charge < -0.3 is 10.4 Å². The largest absolute Gasteiger partial charge is 0.478 e. The molecule has 0 saturated carbocycles. The van der Waals surface area contributed by atoms with Crippen LogP contribution in [-0.2, 0) is 6.54 Å². The van der Waals surface area contributed by atoms with Crippen LogP contribution in [0.25, 0.3) is 0 Å². The summed E-state index contributed by atoms with van der Waals surface area (Å²) < 4.78 is 0.761. The highest BCUT2D eigenvalue weighted by atomic mass is 79.9.